The number of ether oxygens (including phenoxy) is 3. The van der Waals surface area contributed by atoms with Crippen molar-refractivity contribution < 1.29 is 19.0 Å². The molecule has 1 atom stereocenters. The van der Waals surface area contributed by atoms with Crippen molar-refractivity contribution in [3.8, 4) is 17.2 Å². The molecule has 7 nitrogen and oxygen atoms in total. The molecule has 0 radical (unpaired) electrons. The zero-order valence-corrected chi connectivity index (χ0v) is 16.5. The number of benzene rings is 2. The first-order valence-corrected chi connectivity index (χ1v) is 9.28. The molecule has 1 fully saturated rings. The number of carbonyl (C=O) groups excluding carboxylic acids is 1. The van der Waals surface area contributed by atoms with Gasteiger partial charge in [-0.25, -0.2) is 4.79 Å². The Morgan fingerprint density at radius 1 is 1.00 bits per heavy atom. The highest BCUT2D eigenvalue weighted by Crippen LogP contribution is 2.31. The largest absolute Gasteiger partial charge is 0.497 e. The molecule has 1 aliphatic rings. The summed E-state index contributed by atoms with van der Waals surface area (Å²) in [7, 11) is 4.91. The van der Waals surface area contributed by atoms with E-state index in [1.807, 2.05) is 42.5 Å². The molecule has 2 amide bonds. The van der Waals surface area contributed by atoms with E-state index in [0.717, 1.165) is 48.1 Å². The fourth-order valence-electron chi connectivity index (χ4n) is 3.30. The minimum absolute atomic E-state index is 0.202. The van der Waals surface area contributed by atoms with E-state index in [2.05, 4.69) is 15.5 Å². The molecule has 0 aromatic heterocycles. The van der Waals surface area contributed by atoms with Gasteiger partial charge in [-0.05, 0) is 36.6 Å². The molecule has 28 heavy (non-hydrogen) atoms. The van der Waals surface area contributed by atoms with Gasteiger partial charge in [-0.15, -0.1) is 0 Å². The van der Waals surface area contributed by atoms with Gasteiger partial charge in [-0.2, -0.15) is 0 Å². The first-order valence-electron chi connectivity index (χ1n) is 9.28. The van der Waals surface area contributed by atoms with Gasteiger partial charge in [-0.1, -0.05) is 0 Å². The van der Waals surface area contributed by atoms with Crippen molar-refractivity contribution in [2.75, 3.05) is 51.2 Å². The molecule has 2 aromatic carbocycles. The van der Waals surface area contributed by atoms with Gasteiger partial charge in [0.1, 0.15) is 17.2 Å². The molecular weight excluding hydrogens is 358 g/mol. The van der Waals surface area contributed by atoms with Crippen LogP contribution in [0.4, 0.5) is 16.2 Å². The van der Waals surface area contributed by atoms with Crippen LogP contribution in [-0.4, -0.2) is 47.0 Å². The van der Waals surface area contributed by atoms with E-state index in [4.69, 9.17) is 14.2 Å². The summed E-state index contributed by atoms with van der Waals surface area (Å²) in [5, 5.41) is 5.80. The third kappa shape index (κ3) is 5.00. The van der Waals surface area contributed by atoms with Crippen molar-refractivity contribution in [3.05, 3.63) is 42.5 Å². The van der Waals surface area contributed by atoms with Crippen molar-refractivity contribution >= 4 is 17.4 Å². The number of nitrogens with one attached hydrogen (secondary N) is 2. The van der Waals surface area contributed by atoms with Crippen LogP contribution in [0, 0.1) is 5.92 Å². The van der Waals surface area contributed by atoms with Crippen LogP contribution in [0.25, 0.3) is 0 Å². The van der Waals surface area contributed by atoms with Crippen molar-refractivity contribution in [2.45, 2.75) is 6.42 Å². The molecule has 0 bridgehead atoms. The van der Waals surface area contributed by atoms with Gasteiger partial charge in [-0.3, -0.25) is 0 Å². The van der Waals surface area contributed by atoms with Gasteiger partial charge in [0.2, 0.25) is 0 Å². The number of methoxy groups -OCH3 is 3. The molecule has 2 N–H and O–H groups in total. The summed E-state index contributed by atoms with van der Waals surface area (Å²) in [5.74, 6) is 2.69. The van der Waals surface area contributed by atoms with Crippen LogP contribution in [-0.2, 0) is 0 Å². The monoisotopic (exact) mass is 385 g/mol. The molecule has 0 aliphatic carbocycles. The van der Waals surface area contributed by atoms with Crippen LogP contribution in [0.2, 0.25) is 0 Å². The molecule has 1 saturated heterocycles. The average molecular weight is 385 g/mol. The number of amides is 2. The first-order chi connectivity index (χ1) is 13.6. The second-order valence-electron chi connectivity index (χ2n) is 6.74. The van der Waals surface area contributed by atoms with Gasteiger partial charge >= 0.3 is 6.03 Å². The Bertz CT molecular complexity index is 772. The molecule has 1 heterocycles. The Morgan fingerprint density at radius 3 is 2.25 bits per heavy atom. The lowest BCUT2D eigenvalue weighted by molar-refractivity contribution is 0.250. The summed E-state index contributed by atoms with van der Waals surface area (Å²) in [6, 6.07) is 12.9. The highest BCUT2D eigenvalue weighted by molar-refractivity contribution is 5.89. The molecule has 7 heteroatoms. The van der Waals surface area contributed by atoms with E-state index in [0.29, 0.717) is 12.5 Å². The van der Waals surface area contributed by atoms with E-state index < -0.39 is 0 Å². The first kappa shape index (κ1) is 19.7. The highest BCUT2D eigenvalue weighted by atomic mass is 16.5. The maximum atomic E-state index is 12.1. The maximum Gasteiger partial charge on any atom is 0.319 e. The number of carbonyl (C=O) groups is 1. The zero-order chi connectivity index (χ0) is 19.9. The van der Waals surface area contributed by atoms with Gasteiger partial charge in [0.15, 0.2) is 0 Å². The Hall–Kier alpha value is -3.09. The Labute approximate surface area is 165 Å². The van der Waals surface area contributed by atoms with Crippen molar-refractivity contribution in [2.24, 2.45) is 5.92 Å². The minimum atomic E-state index is -0.202. The average Bonchev–Trinajstić information content (AvgIpc) is 3.21. The Kier molecular flexibility index (Phi) is 6.47. The van der Waals surface area contributed by atoms with Crippen molar-refractivity contribution in [3.63, 3.8) is 0 Å². The summed E-state index contributed by atoms with van der Waals surface area (Å²) in [4.78, 5) is 14.4. The van der Waals surface area contributed by atoms with Crippen LogP contribution in [0.3, 0.4) is 0 Å². The molecule has 0 spiro atoms. The lowest BCUT2D eigenvalue weighted by Crippen LogP contribution is -2.34. The number of anilines is 2. The van der Waals surface area contributed by atoms with Gasteiger partial charge < -0.3 is 29.7 Å². The topological polar surface area (TPSA) is 72.1 Å². The lowest BCUT2D eigenvalue weighted by atomic mass is 10.1. The van der Waals surface area contributed by atoms with E-state index in [1.165, 1.54) is 0 Å². The van der Waals surface area contributed by atoms with E-state index in [-0.39, 0.29) is 6.03 Å². The highest BCUT2D eigenvalue weighted by Gasteiger charge is 2.24. The zero-order valence-electron chi connectivity index (χ0n) is 16.5. The smallest absolute Gasteiger partial charge is 0.319 e. The van der Waals surface area contributed by atoms with E-state index in [1.54, 1.807) is 21.3 Å². The van der Waals surface area contributed by atoms with Crippen molar-refractivity contribution in [1.82, 2.24) is 5.32 Å². The normalized spacial score (nSPS) is 15.8. The van der Waals surface area contributed by atoms with Crippen LogP contribution >= 0.6 is 0 Å². The predicted octanol–water partition coefficient (Wildman–Crippen LogP) is 3.36. The molecule has 1 aliphatic heterocycles. The molecule has 150 valence electrons. The van der Waals surface area contributed by atoms with Crippen LogP contribution in [0.1, 0.15) is 6.42 Å². The van der Waals surface area contributed by atoms with E-state index in [9.17, 15) is 4.79 Å². The van der Waals surface area contributed by atoms with Crippen LogP contribution in [0.15, 0.2) is 42.5 Å². The number of hydrogen-bond donors (Lipinski definition) is 2. The lowest BCUT2D eigenvalue weighted by Gasteiger charge is -2.20. The molecule has 0 unspecified atom stereocenters. The molecule has 3 rings (SSSR count). The number of rotatable bonds is 7. The summed E-state index contributed by atoms with van der Waals surface area (Å²) in [5.41, 5.74) is 1.80. The third-order valence-corrected chi connectivity index (χ3v) is 4.89. The minimum Gasteiger partial charge on any atom is -0.497 e. The summed E-state index contributed by atoms with van der Waals surface area (Å²) < 4.78 is 15.8. The predicted molar refractivity (Wildman–Crippen MR) is 110 cm³/mol. The number of nitrogens with zero attached hydrogens (tertiary/aromatic N) is 1. The van der Waals surface area contributed by atoms with Crippen molar-refractivity contribution in [1.29, 1.82) is 0 Å². The van der Waals surface area contributed by atoms with Gasteiger partial charge in [0.25, 0.3) is 0 Å². The SMILES string of the molecule is COc1ccc(NC(=O)NC[C@@H]2CCN(c3cc(OC)cc(OC)c3)C2)cc1. The van der Waals surface area contributed by atoms with Gasteiger partial charge in [0, 0.05) is 49.2 Å². The molecular formula is C21H27N3O4. The Balaban J connectivity index is 1.50. The molecule has 2 aromatic rings. The number of hydrogen-bond acceptors (Lipinski definition) is 5. The maximum absolute atomic E-state index is 12.1. The summed E-state index contributed by atoms with van der Waals surface area (Å²) in [6.07, 6.45) is 1.02. The van der Waals surface area contributed by atoms with Gasteiger partial charge in [0.05, 0.1) is 21.3 Å². The second-order valence-corrected chi connectivity index (χ2v) is 6.74. The quantitative estimate of drug-likeness (QED) is 0.765. The van der Waals surface area contributed by atoms with E-state index >= 15 is 0 Å². The summed E-state index contributed by atoms with van der Waals surface area (Å²) >= 11 is 0. The summed E-state index contributed by atoms with van der Waals surface area (Å²) in [6.45, 7) is 2.43. The number of urea groups is 1. The van der Waals surface area contributed by atoms with Crippen LogP contribution < -0.4 is 29.7 Å². The fourth-order valence-corrected chi connectivity index (χ4v) is 3.30. The Morgan fingerprint density at radius 2 is 1.64 bits per heavy atom. The fraction of sp³-hybridized carbons (Fsp3) is 0.381. The second kappa shape index (κ2) is 9.21. The third-order valence-electron chi connectivity index (χ3n) is 4.89. The standard InChI is InChI=1S/C21H27N3O4/c1-26-18-6-4-16(5-7-18)23-21(25)22-13-15-8-9-24(14-15)17-10-19(27-2)12-20(11-17)28-3/h4-7,10-12,15H,8-9,13-14H2,1-3H3,(H2,22,23,25)/t15-/m0/s1. The molecule has 0 saturated carbocycles. The van der Waals surface area contributed by atoms with Crippen LogP contribution in [0.5, 0.6) is 17.2 Å².